The molecule has 2 aromatic carbocycles. The second-order valence-electron chi connectivity index (χ2n) is 9.40. The molecule has 0 radical (unpaired) electrons. The number of halogens is 2. The maximum atomic E-state index is 13.1. The molecule has 1 saturated heterocycles. The van der Waals surface area contributed by atoms with Crippen LogP contribution in [0.2, 0.25) is 10.0 Å². The summed E-state index contributed by atoms with van der Waals surface area (Å²) in [5.74, 6) is 0.0908. The standard InChI is InChI=1S/C26H26Cl2N4O5S/c27-18-4-5-21(22(28)14-18)24-29-25(35)26(30-24)8-11-32(12-9-26)38(36,37)13-7-17-2-1-3-23-20(17)6-10-31(23)15-19(34)16-33/h1-7,10,13-14,19,33-34H,8-9,11-12,15-16H2,(H,29,30,35)/b13-7+/t19-/m0/s1. The van der Waals surface area contributed by atoms with Gasteiger partial charge in [0.2, 0.25) is 10.0 Å². The molecule has 1 spiro atoms. The molecule has 0 unspecified atom stereocenters. The fourth-order valence-electron chi connectivity index (χ4n) is 4.86. The molecule has 1 amide bonds. The number of benzene rings is 2. The summed E-state index contributed by atoms with van der Waals surface area (Å²) in [7, 11) is -3.75. The predicted octanol–water partition coefficient (Wildman–Crippen LogP) is 3.01. The summed E-state index contributed by atoms with van der Waals surface area (Å²) < 4.78 is 29.4. The quantitative estimate of drug-likeness (QED) is 0.399. The van der Waals surface area contributed by atoms with Crippen molar-refractivity contribution in [3.8, 4) is 0 Å². The SMILES string of the molecule is O=C1NC(c2ccc(Cl)cc2Cl)=NC12CCN(S(=O)(=O)/C=C/c1cccc3c1ccn3C[C@H](O)CO)CC2. The van der Waals surface area contributed by atoms with Gasteiger partial charge in [-0.15, -0.1) is 0 Å². The third-order valence-corrected chi connectivity index (χ3v) is 9.07. The molecule has 12 heteroatoms. The number of nitrogens with zero attached hydrogens (tertiary/aromatic N) is 3. The number of amides is 1. The molecular formula is C26H26Cl2N4O5S. The molecule has 0 saturated carbocycles. The summed E-state index contributed by atoms with van der Waals surface area (Å²) >= 11 is 12.3. The fourth-order valence-corrected chi connectivity index (χ4v) is 6.54. The van der Waals surface area contributed by atoms with E-state index in [4.69, 9.17) is 28.3 Å². The lowest BCUT2D eigenvalue weighted by atomic mass is 9.89. The van der Waals surface area contributed by atoms with E-state index in [0.717, 1.165) is 10.9 Å². The van der Waals surface area contributed by atoms with Gasteiger partial charge in [0.25, 0.3) is 5.91 Å². The number of hydrogen-bond donors (Lipinski definition) is 3. The number of carbonyl (C=O) groups excluding carboxylic acids is 1. The first-order chi connectivity index (χ1) is 18.1. The molecule has 3 N–H and O–H groups in total. The molecule has 200 valence electrons. The number of nitrogens with one attached hydrogen (secondary N) is 1. The van der Waals surface area contributed by atoms with E-state index in [2.05, 4.69) is 10.3 Å². The lowest BCUT2D eigenvalue weighted by Gasteiger charge is -2.34. The van der Waals surface area contributed by atoms with Crippen LogP contribution in [-0.4, -0.2) is 70.6 Å². The highest BCUT2D eigenvalue weighted by molar-refractivity contribution is 7.92. The number of carbonyl (C=O) groups is 1. The number of fused-ring (bicyclic) bond motifs is 1. The van der Waals surface area contributed by atoms with Crippen molar-refractivity contribution in [2.45, 2.75) is 31.0 Å². The van der Waals surface area contributed by atoms with Gasteiger partial charge in [-0.2, -0.15) is 4.31 Å². The molecule has 38 heavy (non-hydrogen) atoms. The van der Waals surface area contributed by atoms with Gasteiger partial charge in [0.1, 0.15) is 11.4 Å². The van der Waals surface area contributed by atoms with Gasteiger partial charge in [0.05, 0.1) is 24.3 Å². The van der Waals surface area contributed by atoms with Gasteiger partial charge in [0.15, 0.2) is 0 Å². The van der Waals surface area contributed by atoms with Crippen LogP contribution in [0.4, 0.5) is 0 Å². The monoisotopic (exact) mass is 576 g/mol. The Morgan fingerprint density at radius 1 is 1.16 bits per heavy atom. The topological polar surface area (TPSA) is 124 Å². The Balaban J connectivity index is 1.31. The molecule has 0 bridgehead atoms. The number of aliphatic imine (C=N–C) groups is 1. The van der Waals surface area contributed by atoms with E-state index < -0.39 is 21.7 Å². The molecule has 2 aliphatic heterocycles. The number of hydrogen-bond acceptors (Lipinski definition) is 6. The smallest absolute Gasteiger partial charge is 0.253 e. The second kappa shape index (κ2) is 10.4. The van der Waals surface area contributed by atoms with Gasteiger partial charge in [-0.3, -0.25) is 9.79 Å². The molecule has 1 fully saturated rings. The minimum atomic E-state index is -3.75. The predicted molar refractivity (Wildman–Crippen MR) is 148 cm³/mol. The highest BCUT2D eigenvalue weighted by Crippen LogP contribution is 2.34. The molecule has 0 aliphatic carbocycles. The molecule has 1 aromatic heterocycles. The normalized spacial score (nSPS) is 18.8. The van der Waals surface area contributed by atoms with Crippen LogP contribution >= 0.6 is 23.2 Å². The highest BCUT2D eigenvalue weighted by atomic mass is 35.5. The van der Waals surface area contributed by atoms with Crippen molar-refractivity contribution >= 4 is 61.9 Å². The van der Waals surface area contributed by atoms with Gasteiger partial charge in [-0.25, -0.2) is 8.42 Å². The van der Waals surface area contributed by atoms with Crippen molar-refractivity contribution in [3.63, 3.8) is 0 Å². The summed E-state index contributed by atoms with van der Waals surface area (Å²) in [5.41, 5.74) is 1.05. The number of aliphatic hydroxyl groups is 2. The molecule has 3 aromatic rings. The summed E-state index contributed by atoms with van der Waals surface area (Å²) in [5, 5.41) is 24.6. The van der Waals surface area contributed by atoms with Gasteiger partial charge in [-0.05, 0) is 54.8 Å². The average Bonchev–Trinajstić information content (AvgIpc) is 3.44. The van der Waals surface area contributed by atoms with Gasteiger partial charge < -0.3 is 20.1 Å². The Hall–Kier alpha value is -2.73. The van der Waals surface area contributed by atoms with E-state index in [-0.39, 0.29) is 45.0 Å². The largest absolute Gasteiger partial charge is 0.394 e. The zero-order chi connectivity index (χ0) is 27.1. The van der Waals surface area contributed by atoms with Crippen LogP contribution in [0.5, 0.6) is 0 Å². The average molecular weight is 577 g/mol. The Morgan fingerprint density at radius 2 is 1.92 bits per heavy atom. The molecule has 9 nitrogen and oxygen atoms in total. The highest BCUT2D eigenvalue weighted by Gasteiger charge is 2.47. The first kappa shape index (κ1) is 26.9. The maximum absolute atomic E-state index is 13.1. The van der Waals surface area contributed by atoms with Crippen LogP contribution in [-0.2, 0) is 21.4 Å². The van der Waals surface area contributed by atoms with Crippen LogP contribution in [0.25, 0.3) is 17.0 Å². The van der Waals surface area contributed by atoms with E-state index >= 15 is 0 Å². The van der Waals surface area contributed by atoms with Gasteiger partial charge >= 0.3 is 0 Å². The minimum absolute atomic E-state index is 0.144. The number of aliphatic hydroxyl groups excluding tert-OH is 2. The molecule has 5 rings (SSSR count). The van der Waals surface area contributed by atoms with Crippen molar-refractivity contribution in [3.05, 3.63) is 75.2 Å². The number of sulfonamides is 1. The van der Waals surface area contributed by atoms with Crippen LogP contribution in [0.15, 0.2) is 59.1 Å². The van der Waals surface area contributed by atoms with Crippen molar-refractivity contribution in [2.75, 3.05) is 19.7 Å². The Bertz CT molecular complexity index is 1560. The summed E-state index contributed by atoms with van der Waals surface area (Å²) in [6.45, 7) is 0.163. The van der Waals surface area contributed by atoms with Gasteiger partial charge in [0, 0.05) is 46.2 Å². The number of piperidine rings is 1. The van der Waals surface area contributed by atoms with E-state index in [1.807, 2.05) is 28.8 Å². The first-order valence-electron chi connectivity index (χ1n) is 12.0. The van der Waals surface area contributed by atoms with Gasteiger partial charge in [-0.1, -0.05) is 35.3 Å². The van der Waals surface area contributed by atoms with E-state index in [1.54, 1.807) is 30.5 Å². The zero-order valence-corrected chi connectivity index (χ0v) is 22.5. The third kappa shape index (κ3) is 5.12. The fraction of sp³-hybridized carbons (Fsp3) is 0.308. The van der Waals surface area contributed by atoms with E-state index in [1.165, 1.54) is 9.71 Å². The maximum Gasteiger partial charge on any atom is 0.253 e. The van der Waals surface area contributed by atoms with Crippen molar-refractivity contribution in [2.24, 2.45) is 4.99 Å². The summed E-state index contributed by atoms with van der Waals surface area (Å²) in [4.78, 5) is 17.5. The first-order valence-corrected chi connectivity index (χ1v) is 14.3. The Morgan fingerprint density at radius 3 is 2.63 bits per heavy atom. The summed E-state index contributed by atoms with van der Waals surface area (Å²) in [6, 6.07) is 12.3. The van der Waals surface area contributed by atoms with Crippen molar-refractivity contribution in [1.29, 1.82) is 0 Å². The lowest BCUT2D eigenvalue weighted by Crippen LogP contribution is -2.50. The molecule has 3 heterocycles. The van der Waals surface area contributed by atoms with Crippen LogP contribution in [0.3, 0.4) is 0 Å². The van der Waals surface area contributed by atoms with Crippen molar-refractivity contribution in [1.82, 2.24) is 14.2 Å². The Kier molecular flexibility index (Phi) is 7.38. The zero-order valence-electron chi connectivity index (χ0n) is 20.2. The Labute approximate surface area is 230 Å². The minimum Gasteiger partial charge on any atom is -0.394 e. The van der Waals surface area contributed by atoms with Crippen LogP contribution in [0, 0.1) is 0 Å². The molecular weight excluding hydrogens is 551 g/mol. The van der Waals surface area contributed by atoms with Crippen LogP contribution < -0.4 is 5.32 Å². The van der Waals surface area contributed by atoms with Crippen molar-refractivity contribution < 1.29 is 23.4 Å². The number of aromatic nitrogens is 1. The number of amidine groups is 1. The summed E-state index contributed by atoms with van der Waals surface area (Å²) in [6.07, 6.45) is 2.94. The van der Waals surface area contributed by atoms with E-state index in [9.17, 15) is 18.3 Å². The molecule has 1 atom stereocenters. The third-order valence-electron chi connectivity index (χ3n) is 6.96. The second-order valence-corrected chi connectivity index (χ2v) is 12.1. The van der Waals surface area contributed by atoms with E-state index in [0.29, 0.717) is 27.0 Å². The lowest BCUT2D eigenvalue weighted by molar-refractivity contribution is -0.124. The molecule has 2 aliphatic rings. The van der Waals surface area contributed by atoms with Crippen LogP contribution in [0.1, 0.15) is 24.0 Å². The number of rotatable bonds is 7.